The molecule has 0 aliphatic rings. The molecular weight excluding hydrogens is 229 g/mol. The van der Waals surface area contributed by atoms with E-state index < -0.39 is 0 Å². The van der Waals surface area contributed by atoms with Crippen molar-refractivity contribution in [2.45, 2.75) is 46.6 Å². The molecular formula is C15H24FNO. The molecule has 3 heteroatoms. The third-order valence-corrected chi connectivity index (χ3v) is 2.79. The molecule has 0 radical (unpaired) electrons. The van der Waals surface area contributed by atoms with Crippen molar-refractivity contribution in [3.05, 3.63) is 29.6 Å². The van der Waals surface area contributed by atoms with Crippen molar-refractivity contribution in [1.29, 1.82) is 0 Å². The maximum atomic E-state index is 13.2. The lowest BCUT2D eigenvalue weighted by molar-refractivity contribution is 0.265. The fraction of sp³-hybridized carbons (Fsp3) is 0.600. The second kappa shape index (κ2) is 6.19. The first kappa shape index (κ1) is 15.0. The average molecular weight is 253 g/mol. The molecule has 0 spiro atoms. The van der Waals surface area contributed by atoms with Crippen molar-refractivity contribution in [1.82, 2.24) is 0 Å². The van der Waals surface area contributed by atoms with Crippen molar-refractivity contribution < 1.29 is 9.13 Å². The fourth-order valence-electron chi connectivity index (χ4n) is 1.79. The van der Waals surface area contributed by atoms with Gasteiger partial charge in [-0.05, 0) is 31.2 Å². The van der Waals surface area contributed by atoms with Gasteiger partial charge in [-0.25, -0.2) is 4.39 Å². The van der Waals surface area contributed by atoms with Gasteiger partial charge in [-0.3, -0.25) is 0 Å². The van der Waals surface area contributed by atoms with E-state index >= 15 is 0 Å². The van der Waals surface area contributed by atoms with Crippen LogP contribution in [0.15, 0.2) is 18.2 Å². The van der Waals surface area contributed by atoms with Crippen LogP contribution in [0.1, 0.15) is 52.1 Å². The maximum Gasteiger partial charge on any atom is 0.126 e. The van der Waals surface area contributed by atoms with Crippen LogP contribution in [0.4, 0.5) is 4.39 Å². The smallest absolute Gasteiger partial charge is 0.126 e. The van der Waals surface area contributed by atoms with E-state index in [1.165, 1.54) is 12.1 Å². The standard InChI is InChI=1S/C15H24FNO/c1-11(17)13-7-6-12(16)10-14(13)18-9-5-8-15(2,3)4/h6-7,10-11H,5,8-9,17H2,1-4H3. The highest BCUT2D eigenvalue weighted by atomic mass is 19.1. The molecule has 0 aromatic heterocycles. The minimum absolute atomic E-state index is 0.150. The Balaban J connectivity index is 2.58. The van der Waals surface area contributed by atoms with Crippen molar-refractivity contribution in [3.8, 4) is 5.75 Å². The van der Waals surface area contributed by atoms with Gasteiger partial charge in [-0.2, -0.15) is 0 Å². The monoisotopic (exact) mass is 253 g/mol. The Morgan fingerprint density at radius 1 is 1.33 bits per heavy atom. The topological polar surface area (TPSA) is 35.2 Å². The molecule has 1 atom stereocenters. The van der Waals surface area contributed by atoms with Crippen LogP contribution >= 0.6 is 0 Å². The van der Waals surface area contributed by atoms with E-state index in [0.29, 0.717) is 17.8 Å². The van der Waals surface area contributed by atoms with Crippen molar-refractivity contribution >= 4 is 0 Å². The molecule has 0 aliphatic carbocycles. The van der Waals surface area contributed by atoms with Gasteiger partial charge >= 0.3 is 0 Å². The number of halogens is 1. The molecule has 0 bridgehead atoms. The van der Waals surface area contributed by atoms with Crippen LogP contribution in [0.2, 0.25) is 0 Å². The van der Waals surface area contributed by atoms with Gasteiger partial charge in [-0.1, -0.05) is 26.8 Å². The molecule has 18 heavy (non-hydrogen) atoms. The van der Waals surface area contributed by atoms with E-state index in [0.717, 1.165) is 18.4 Å². The van der Waals surface area contributed by atoms with Crippen LogP contribution in [0.5, 0.6) is 5.75 Å². The lowest BCUT2D eigenvalue weighted by Gasteiger charge is -2.19. The molecule has 0 saturated carbocycles. The molecule has 2 nitrogen and oxygen atoms in total. The molecule has 1 unspecified atom stereocenters. The Labute approximate surface area is 109 Å². The summed E-state index contributed by atoms with van der Waals surface area (Å²) in [5.41, 5.74) is 6.99. The third-order valence-electron chi connectivity index (χ3n) is 2.79. The zero-order valence-corrected chi connectivity index (χ0v) is 11.8. The minimum Gasteiger partial charge on any atom is -0.493 e. The summed E-state index contributed by atoms with van der Waals surface area (Å²) in [6, 6.07) is 4.37. The summed E-state index contributed by atoms with van der Waals surface area (Å²) in [4.78, 5) is 0. The van der Waals surface area contributed by atoms with Gasteiger partial charge in [-0.15, -0.1) is 0 Å². The average Bonchev–Trinajstić information content (AvgIpc) is 2.22. The predicted molar refractivity (Wildman–Crippen MR) is 73.2 cm³/mol. The Kier molecular flexibility index (Phi) is 5.15. The first-order chi connectivity index (χ1) is 8.29. The van der Waals surface area contributed by atoms with Crippen LogP contribution in [-0.2, 0) is 0 Å². The fourth-order valence-corrected chi connectivity index (χ4v) is 1.79. The lowest BCUT2D eigenvalue weighted by atomic mass is 9.91. The van der Waals surface area contributed by atoms with Crippen molar-refractivity contribution in [2.75, 3.05) is 6.61 Å². The zero-order valence-electron chi connectivity index (χ0n) is 11.8. The summed E-state index contributed by atoms with van der Waals surface area (Å²) >= 11 is 0. The van der Waals surface area contributed by atoms with Crippen LogP contribution < -0.4 is 10.5 Å². The van der Waals surface area contributed by atoms with E-state index in [1.54, 1.807) is 6.07 Å². The largest absolute Gasteiger partial charge is 0.493 e. The molecule has 102 valence electrons. The highest BCUT2D eigenvalue weighted by molar-refractivity contribution is 5.36. The summed E-state index contributed by atoms with van der Waals surface area (Å²) in [6.45, 7) is 9.06. The van der Waals surface area contributed by atoms with Crippen LogP contribution in [0.25, 0.3) is 0 Å². The highest BCUT2D eigenvalue weighted by Crippen LogP contribution is 2.26. The van der Waals surface area contributed by atoms with Crippen LogP contribution in [-0.4, -0.2) is 6.61 Å². The molecule has 0 aliphatic heterocycles. The summed E-state index contributed by atoms with van der Waals surface area (Å²) in [6.07, 6.45) is 2.04. The lowest BCUT2D eigenvalue weighted by Crippen LogP contribution is -2.11. The molecule has 1 aromatic rings. The number of hydrogen-bond acceptors (Lipinski definition) is 2. The zero-order chi connectivity index (χ0) is 13.8. The predicted octanol–water partition coefficient (Wildman–Crippen LogP) is 4.05. The quantitative estimate of drug-likeness (QED) is 0.803. The highest BCUT2D eigenvalue weighted by Gasteiger charge is 2.11. The van der Waals surface area contributed by atoms with Gasteiger partial charge in [0.05, 0.1) is 6.61 Å². The van der Waals surface area contributed by atoms with Gasteiger partial charge in [0.25, 0.3) is 0 Å². The third kappa shape index (κ3) is 5.05. The second-order valence-corrected chi connectivity index (χ2v) is 5.98. The Bertz CT molecular complexity index is 383. The maximum absolute atomic E-state index is 13.2. The van der Waals surface area contributed by atoms with E-state index in [4.69, 9.17) is 10.5 Å². The summed E-state index contributed by atoms with van der Waals surface area (Å²) in [5.74, 6) is 0.282. The van der Waals surface area contributed by atoms with Gasteiger partial charge < -0.3 is 10.5 Å². The van der Waals surface area contributed by atoms with E-state index in [9.17, 15) is 4.39 Å². The van der Waals surface area contributed by atoms with Gasteiger partial charge in [0.1, 0.15) is 11.6 Å². The van der Waals surface area contributed by atoms with E-state index in [2.05, 4.69) is 20.8 Å². The van der Waals surface area contributed by atoms with Crippen molar-refractivity contribution in [3.63, 3.8) is 0 Å². The first-order valence-electron chi connectivity index (χ1n) is 6.47. The molecule has 1 aromatic carbocycles. The normalized spacial score (nSPS) is 13.4. The Hall–Kier alpha value is -1.09. The molecule has 1 rings (SSSR count). The van der Waals surface area contributed by atoms with E-state index in [-0.39, 0.29) is 11.9 Å². The molecule has 0 saturated heterocycles. The van der Waals surface area contributed by atoms with E-state index in [1.807, 2.05) is 6.92 Å². The second-order valence-electron chi connectivity index (χ2n) is 5.98. The Morgan fingerprint density at radius 2 is 2.00 bits per heavy atom. The molecule has 0 heterocycles. The summed E-state index contributed by atoms with van der Waals surface area (Å²) in [5, 5.41) is 0. The Morgan fingerprint density at radius 3 is 2.56 bits per heavy atom. The molecule has 2 N–H and O–H groups in total. The van der Waals surface area contributed by atoms with Gasteiger partial charge in [0.15, 0.2) is 0 Å². The van der Waals surface area contributed by atoms with Gasteiger partial charge in [0, 0.05) is 17.7 Å². The first-order valence-corrected chi connectivity index (χ1v) is 6.47. The minimum atomic E-state index is -0.287. The summed E-state index contributed by atoms with van der Waals surface area (Å²) in [7, 11) is 0. The number of nitrogens with two attached hydrogens (primary N) is 1. The number of hydrogen-bond donors (Lipinski definition) is 1. The number of rotatable bonds is 5. The molecule has 0 amide bonds. The molecule has 0 fully saturated rings. The number of ether oxygens (including phenoxy) is 1. The number of benzene rings is 1. The van der Waals surface area contributed by atoms with Crippen LogP contribution in [0, 0.1) is 11.2 Å². The SMILES string of the molecule is CC(N)c1ccc(F)cc1OCCCC(C)(C)C. The van der Waals surface area contributed by atoms with Crippen LogP contribution in [0.3, 0.4) is 0 Å². The summed E-state index contributed by atoms with van der Waals surface area (Å²) < 4.78 is 18.8. The van der Waals surface area contributed by atoms with Crippen molar-refractivity contribution in [2.24, 2.45) is 11.1 Å². The van der Waals surface area contributed by atoms with Gasteiger partial charge in [0.2, 0.25) is 0 Å².